The summed E-state index contributed by atoms with van der Waals surface area (Å²) in [6.45, 7) is 2.90. The van der Waals surface area contributed by atoms with Crippen molar-refractivity contribution in [3.63, 3.8) is 0 Å². The Bertz CT molecular complexity index is 1110. The van der Waals surface area contributed by atoms with Crippen LogP contribution in [0.4, 0.5) is 0 Å². The Labute approximate surface area is 161 Å². The molecule has 0 N–H and O–H groups in total. The number of rotatable bonds is 7. The Morgan fingerprint density at radius 1 is 1.41 bits per heavy atom. The third-order valence-electron chi connectivity index (χ3n) is 4.26. The van der Waals surface area contributed by atoms with Crippen molar-refractivity contribution in [2.75, 3.05) is 20.8 Å². The number of ether oxygens (including phenoxy) is 1. The van der Waals surface area contributed by atoms with Gasteiger partial charge in [0.1, 0.15) is 16.4 Å². The molecule has 0 spiro atoms. The number of fused-ring (bicyclic) bond motifs is 1. The van der Waals surface area contributed by atoms with Gasteiger partial charge in [0.2, 0.25) is 0 Å². The van der Waals surface area contributed by atoms with Gasteiger partial charge in [-0.15, -0.1) is 21.5 Å². The van der Waals surface area contributed by atoms with Crippen LogP contribution < -0.4 is 0 Å². The molecule has 142 valence electrons. The average molecular weight is 406 g/mol. The number of aryl methyl sites for hydroxylation is 1. The molecule has 0 unspecified atom stereocenters. The number of hydrogen-bond donors (Lipinski definition) is 0. The van der Waals surface area contributed by atoms with E-state index in [0.29, 0.717) is 30.1 Å². The summed E-state index contributed by atoms with van der Waals surface area (Å²) in [4.78, 5) is 0. The van der Waals surface area contributed by atoms with E-state index < -0.39 is 10.0 Å². The molecular formula is C17H19N5O3S2. The average Bonchev–Trinajstić information content (AvgIpc) is 3.24. The monoisotopic (exact) mass is 405 g/mol. The Morgan fingerprint density at radius 2 is 2.19 bits per heavy atom. The number of hydrogen-bond acceptors (Lipinski definition) is 7. The molecule has 27 heavy (non-hydrogen) atoms. The van der Waals surface area contributed by atoms with Gasteiger partial charge >= 0.3 is 0 Å². The topological polar surface area (TPSA) is 101 Å². The van der Waals surface area contributed by atoms with Crippen molar-refractivity contribution in [3.05, 3.63) is 41.5 Å². The molecule has 0 radical (unpaired) electrons. The number of nitrogens with zero attached hydrogens (tertiary/aromatic N) is 5. The van der Waals surface area contributed by atoms with Crippen LogP contribution in [0.2, 0.25) is 0 Å². The lowest BCUT2D eigenvalue weighted by Gasteiger charge is -2.16. The molecule has 2 heterocycles. The van der Waals surface area contributed by atoms with E-state index in [1.807, 2.05) is 0 Å². The van der Waals surface area contributed by atoms with Crippen LogP contribution in [0.1, 0.15) is 17.0 Å². The number of methoxy groups -OCH3 is 1. The fraction of sp³-hybridized carbons (Fsp3) is 0.353. The molecule has 0 saturated heterocycles. The molecule has 1 aromatic carbocycles. The first kappa shape index (κ1) is 19.4. The molecule has 3 aromatic rings. The maximum Gasteiger partial charge on any atom is 0.253 e. The second kappa shape index (κ2) is 7.74. The third-order valence-corrected chi connectivity index (χ3v) is 7.94. The Hall–Kier alpha value is -2.32. The van der Waals surface area contributed by atoms with E-state index in [-0.39, 0.29) is 10.8 Å². The molecule has 0 aliphatic carbocycles. The molecule has 0 saturated carbocycles. The first-order chi connectivity index (χ1) is 12.9. The van der Waals surface area contributed by atoms with Crippen LogP contribution >= 0.6 is 11.3 Å². The Balaban J connectivity index is 1.92. The normalized spacial score (nSPS) is 12.0. The highest BCUT2D eigenvalue weighted by Crippen LogP contribution is 2.36. The largest absolute Gasteiger partial charge is 0.383 e. The molecular weight excluding hydrogens is 386 g/mol. The van der Waals surface area contributed by atoms with Crippen molar-refractivity contribution >= 4 is 31.4 Å². The van der Waals surface area contributed by atoms with Gasteiger partial charge in [0.15, 0.2) is 0 Å². The molecule has 0 amide bonds. The van der Waals surface area contributed by atoms with Crippen LogP contribution in [0, 0.1) is 18.3 Å². The summed E-state index contributed by atoms with van der Waals surface area (Å²) >= 11 is 1.21. The zero-order valence-corrected chi connectivity index (χ0v) is 16.8. The Kier molecular flexibility index (Phi) is 5.57. The van der Waals surface area contributed by atoms with Gasteiger partial charge in [0.25, 0.3) is 10.0 Å². The molecule has 0 aliphatic heterocycles. The van der Waals surface area contributed by atoms with Gasteiger partial charge in [-0.3, -0.25) is 0 Å². The second-order valence-corrected chi connectivity index (χ2v) is 9.32. The van der Waals surface area contributed by atoms with Crippen LogP contribution in [0.15, 0.2) is 28.7 Å². The summed E-state index contributed by atoms with van der Waals surface area (Å²) in [6.07, 6.45) is 1.56. The molecule has 10 heteroatoms. The first-order valence-electron chi connectivity index (χ1n) is 8.13. The fourth-order valence-electron chi connectivity index (χ4n) is 2.72. The van der Waals surface area contributed by atoms with Gasteiger partial charge in [-0.25, -0.2) is 8.42 Å². The van der Waals surface area contributed by atoms with Gasteiger partial charge in [0.05, 0.1) is 24.8 Å². The van der Waals surface area contributed by atoms with E-state index in [4.69, 9.17) is 10.00 Å². The number of thiophene rings is 1. The van der Waals surface area contributed by atoms with E-state index in [1.165, 1.54) is 22.7 Å². The Morgan fingerprint density at radius 3 is 2.89 bits per heavy atom. The highest BCUT2D eigenvalue weighted by molar-refractivity contribution is 7.91. The molecule has 3 rings (SSSR count). The number of aromatic nitrogens is 3. The van der Waals surface area contributed by atoms with Crippen molar-refractivity contribution < 1.29 is 13.2 Å². The van der Waals surface area contributed by atoms with Crippen molar-refractivity contribution in [3.8, 4) is 6.07 Å². The maximum absolute atomic E-state index is 13.1. The first-order valence-corrected chi connectivity index (χ1v) is 10.4. The molecule has 0 atom stereocenters. The van der Waals surface area contributed by atoms with E-state index in [9.17, 15) is 8.42 Å². The quantitative estimate of drug-likeness (QED) is 0.597. The molecule has 8 nitrogen and oxygen atoms in total. The smallest absolute Gasteiger partial charge is 0.253 e. The summed E-state index contributed by atoms with van der Waals surface area (Å²) in [7, 11) is -0.585. The maximum atomic E-state index is 13.1. The molecule has 0 fully saturated rings. The molecule has 2 aromatic heterocycles. The number of nitriles is 1. The molecule has 0 aliphatic rings. The second-order valence-electron chi connectivity index (χ2n) is 6.03. The van der Waals surface area contributed by atoms with Gasteiger partial charge < -0.3 is 9.30 Å². The van der Waals surface area contributed by atoms with Crippen molar-refractivity contribution in [1.82, 2.24) is 19.1 Å². The highest BCUT2D eigenvalue weighted by Gasteiger charge is 2.27. The lowest BCUT2D eigenvalue weighted by molar-refractivity contribution is 0.185. The van der Waals surface area contributed by atoms with Crippen LogP contribution in [-0.2, 0) is 27.8 Å². The van der Waals surface area contributed by atoms with E-state index >= 15 is 0 Å². The summed E-state index contributed by atoms with van der Waals surface area (Å²) in [5, 5.41) is 17.7. The van der Waals surface area contributed by atoms with Gasteiger partial charge in [-0.2, -0.15) is 9.57 Å². The highest BCUT2D eigenvalue weighted by atomic mass is 32.2. The standard InChI is InChI=1S/C17H19N5O3S2/c1-12-14-8-13(9-18)4-5-15(14)26-17(12)27(23,24)21(2)10-16-20-19-11-22(16)6-7-25-3/h4-5,8,11H,6-7,10H2,1-3H3. The minimum atomic E-state index is -3.71. The third kappa shape index (κ3) is 3.72. The van der Waals surface area contributed by atoms with Gasteiger partial charge in [-0.05, 0) is 36.1 Å². The zero-order valence-electron chi connectivity index (χ0n) is 15.2. The fourth-order valence-corrected chi connectivity index (χ4v) is 5.78. The van der Waals surface area contributed by atoms with Gasteiger partial charge in [0, 0.05) is 25.4 Å². The van der Waals surface area contributed by atoms with Crippen molar-refractivity contribution in [1.29, 1.82) is 5.26 Å². The summed E-state index contributed by atoms with van der Waals surface area (Å²) in [5.74, 6) is 0.545. The van der Waals surface area contributed by atoms with E-state index in [2.05, 4.69) is 16.3 Å². The SMILES string of the molecule is COCCn1cnnc1CN(C)S(=O)(=O)c1sc2ccc(C#N)cc2c1C. The number of benzene rings is 1. The zero-order chi connectivity index (χ0) is 19.6. The number of sulfonamides is 1. The predicted molar refractivity (Wildman–Crippen MR) is 102 cm³/mol. The van der Waals surface area contributed by atoms with Crippen LogP contribution in [-0.4, -0.2) is 48.3 Å². The van der Waals surface area contributed by atoms with Crippen LogP contribution in [0.3, 0.4) is 0 Å². The van der Waals surface area contributed by atoms with E-state index in [0.717, 1.165) is 10.1 Å². The lowest BCUT2D eigenvalue weighted by Crippen LogP contribution is -2.28. The van der Waals surface area contributed by atoms with Crippen LogP contribution in [0.5, 0.6) is 0 Å². The van der Waals surface area contributed by atoms with E-state index in [1.54, 1.807) is 43.1 Å². The van der Waals surface area contributed by atoms with Crippen LogP contribution in [0.25, 0.3) is 10.1 Å². The minimum absolute atomic E-state index is 0.100. The lowest BCUT2D eigenvalue weighted by atomic mass is 10.1. The predicted octanol–water partition coefficient (Wildman–Crippen LogP) is 2.14. The van der Waals surface area contributed by atoms with Crippen molar-refractivity contribution in [2.24, 2.45) is 0 Å². The molecule has 0 bridgehead atoms. The summed E-state index contributed by atoms with van der Waals surface area (Å²) in [5.41, 5.74) is 1.16. The summed E-state index contributed by atoms with van der Waals surface area (Å²) < 4.78 is 35.4. The summed E-state index contributed by atoms with van der Waals surface area (Å²) in [6, 6.07) is 7.28. The van der Waals surface area contributed by atoms with Gasteiger partial charge in [-0.1, -0.05) is 0 Å². The minimum Gasteiger partial charge on any atom is -0.383 e. The van der Waals surface area contributed by atoms with Crippen molar-refractivity contribution in [2.45, 2.75) is 24.2 Å².